The molecule has 0 unspecified atom stereocenters. The molecule has 0 saturated carbocycles. The van der Waals surface area contributed by atoms with Gasteiger partial charge in [-0.25, -0.2) is 0 Å². The van der Waals surface area contributed by atoms with Gasteiger partial charge in [0.05, 0.1) is 13.7 Å². The van der Waals surface area contributed by atoms with Crippen LogP contribution in [-0.4, -0.2) is 18.0 Å². The Morgan fingerprint density at radius 2 is 1.50 bits per heavy atom. The minimum Gasteiger partial charge on any atom is -0.501 e. The molecule has 0 bridgehead atoms. The second-order valence-electron chi connectivity index (χ2n) is 11.5. The first-order chi connectivity index (χ1) is 20.8. The molecule has 0 fully saturated rings. The fourth-order valence-electron chi connectivity index (χ4n) is 5.06. The average Bonchev–Trinajstić information content (AvgIpc) is 3.41. The molecule has 0 aliphatic rings. The van der Waals surface area contributed by atoms with Crippen molar-refractivity contribution in [2.45, 2.75) is 26.6 Å². The monoisotopic (exact) mass is 771 g/mol. The van der Waals surface area contributed by atoms with Gasteiger partial charge in [0.2, 0.25) is 0 Å². The SMILES string of the molecule is C[Si](C)(C)c1ccc(-c2[c-]cc(F)cc2)nc1.Cc1cc(-c2[c-]ccc3c2oc2ccccc23)ncc1-c1ccccc1.[Ir]. The van der Waals surface area contributed by atoms with E-state index in [9.17, 15) is 4.39 Å². The maximum Gasteiger partial charge on any atom is 0.120 e. The minimum atomic E-state index is -1.30. The zero-order valence-electron chi connectivity index (χ0n) is 25.0. The van der Waals surface area contributed by atoms with Gasteiger partial charge in [-0.3, -0.25) is 4.39 Å². The molecule has 0 aliphatic carbocycles. The zero-order valence-corrected chi connectivity index (χ0v) is 28.4. The first kappa shape index (κ1) is 31.2. The van der Waals surface area contributed by atoms with Crippen LogP contribution in [0.4, 0.5) is 4.39 Å². The topological polar surface area (TPSA) is 38.9 Å². The van der Waals surface area contributed by atoms with Crippen molar-refractivity contribution >= 4 is 35.2 Å². The Hall–Kier alpha value is -4.22. The number of halogens is 1. The van der Waals surface area contributed by atoms with E-state index in [-0.39, 0.29) is 25.9 Å². The fraction of sp³-hybridized carbons (Fsp3) is 0.105. The van der Waals surface area contributed by atoms with Crippen LogP contribution in [0.15, 0.2) is 120 Å². The Morgan fingerprint density at radius 3 is 2.18 bits per heavy atom. The Morgan fingerprint density at radius 1 is 0.750 bits per heavy atom. The second-order valence-corrected chi connectivity index (χ2v) is 16.6. The third-order valence-electron chi connectivity index (χ3n) is 7.47. The van der Waals surface area contributed by atoms with E-state index in [4.69, 9.17) is 9.40 Å². The fourth-order valence-corrected chi connectivity index (χ4v) is 6.09. The molecule has 0 spiro atoms. The summed E-state index contributed by atoms with van der Waals surface area (Å²) in [5.41, 5.74) is 8.69. The van der Waals surface area contributed by atoms with E-state index in [0.29, 0.717) is 0 Å². The molecule has 0 aliphatic heterocycles. The molecule has 44 heavy (non-hydrogen) atoms. The smallest absolute Gasteiger partial charge is 0.120 e. The van der Waals surface area contributed by atoms with Crippen molar-refractivity contribution in [3.63, 3.8) is 0 Å². The molecule has 4 aromatic carbocycles. The molecule has 3 nitrogen and oxygen atoms in total. The number of aromatic nitrogens is 2. The third-order valence-corrected chi connectivity index (χ3v) is 9.50. The van der Waals surface area contributed by atoms with Gasteiger partial charge in [-0.05, 0) is 40.7 Å². The van der Waals surface area contributed by atoms with Gasteiger partial charge in [-0.15, -0.1) is 48.0 Å². The Kier molecular flexibility index (Phi) is 9.35. The Balaban J connectivity index is 0.000000187. The third kappa shape index (κ3) is 6.63. The van der Waals surface area contributed by atoms with Crippen LogP contribution in [0.2, 0.25) is 19.6 Å². The number of hydrogen-bond donors (Lipinski definition) is 0. The van der Waals surface area contributed by atoms with Gasteiger partial charge in [0.25, 0.3) is 0 Å². The quantitative estimate of drug-likeness (QED) is 0.132. The van der Waals surface area contributed by atoms with E-state index in [1.54, 1.807) is 6.07 Å². The maximum absolute atomic E-state index is 12.8. The van der Waals surface area contributed by atoms with Crippen molar-refractivity contribution in [1.29, 1.82) is 0 Å². The number of fused-ring (bicyclic) bond motifs is 3. The minimum absolute atomic E-state index is 0. The first-order valence-corrected chi connectivity index (χ1v) is 17.8. The largest absolute Gasteiger partial charge is 0.501 e. The molecule has 0 amide bonds. The molecular formula is C38H31FIrN2OSi-2. The number of nitrogens with zero attached hydrogens (tertiary/aromatic N) is 2. The van der Waals surface area contributed by atoms with Crippen LogP contribution in [0.1, 0.15) is 5.56 Å². The van der Waals surface area contributed by atoms with Crippen LogP contribution in [0.3, 0.4) is 0 Å². The van der Waals surface area contributed by atoms with Crippen LogP contribution in [-0.2, 0) is 20.1 Å². The predicted molar refractivity (Wildman–Crippen MR) is 177 cm³/mol. The Labute approximate surface area is 272 Å². The standard InChI is InChI=1S/C24H16NO.C14H15FNSi.Ir/c1-16-14-22(25-15-21(16)17-8-3-2-4-9-17)20-12-7-11-19-18-10-5-6-13-23(18)26-24(19)20;1-17(2,3)13-8-9-14(16-10-13)11-4-6-12(15)7-5-11;/h2-11,13-15H,1H3;4,6-10H,1-3H3;/q2*-1;. The van der Waals surface area contributed by atoms with Crippen LogP contribution in [0.25, 0.3) is 55.6 Å². The normalized spacial score (nSPS) is 11.1. The molecule has 1 radical (unpaired) electrons. The van der Waals surface area contributed by atoms with Crippen molar-refractivity contribution in [3.8, 4) is 33.6 Å². The van der Waals surface area contributed by atoms with Crippen molar-refractivity contribution in [2.75, 3.05) is 0 Å². The molecule has 3 aromatic heterocycles. The summed E-state index contributed by atoms with van der Waals surface area (Å²) in [7, 11) is -1.30. The molecule has 6 heteroatoms. The van der Waals surface area contributed by atoms with Gasteiger partial charge >= 0.3 is 0 Å². The molecule has 221 valence electrons. The predicted octanol–water partition coefficient (Wildman–Crippen LogP) is 9.65. The van der Waals surface area contributed by atoms with Gasteiger partial charge < -0.3 is 14.4 Å². The van der Waals surface area contributed by atoms with E-state index < -0.39 is 8.07 Å². The summed E-state index contributed by atoms with van der Waals surface area (Å²) in [4.78, 5) is 9.14. The van der Waals surface area contributed by atoms with Gasteiger partial charge in [0, 0.05) is 49.3 Å². The van der Waals surface area contributed by atoms with E-state index in [2.05, 4.69) is 80.1 Å². The van der Waals surface area contributed by atoms with Gasteiger partial charge in [0.1, 0.15) is 5.58 Å². The average molecular weight is 771 g/mol. The number of pyridine rings is 2. The maximum atomic E-state index is 12.8. The summed E-state index contributed by atoms with van der Waals surface area (Å²) in [5, 5.41) is 3.54. The number of para-hydroxylation sites is 1. The molecule has 7 aromatic rings. The van der Waals surface area contributed by atoms with Gasteiger partial charge in [-0.2, -0.15) is 0 Å². The molecular weight excluding hydrogens is 740 g/mol. The van der Waals surface area contributed by atoms with Crippen molar-refractivity contribution in [2.24, 2.45) is 0 Å². The van der Waals surface area contributed by atoms with Crippen molar-refractivity contribution in [1.82, 2.24) is 9.97 Å². The number of furan rings is 1. The molecule has 0 N–H and O–H groups in total. The van der Waals surface area contributed by atoms with Gasteiger partial charge in [0.15, 0.2) is 0 Å². The summed E-state index contributed by atoms with van der Waals surface area (Å²) in [5.74, 6) is -0.271. The number of aryl methyl sites for hydroxylation is 1. The van der Waals surface area contributed by atoms with E-state index in [1.807, 2.05) is 60.9 Å². The molecule has 7 rings (SSSR count). The number of benzene rings is 4. The summed E-state index contributed by atoms with van der Waals surface area (Å²) in [6.45, 7) is 8.97. The first-order valence-electron chi connectivity index (χ1n) is 14.3. The van der Waals surface area contributed by atoms with Crippen molar-refractivity contribution < 1.29 is 28.9 Å². The van der Waals surface area contributed by atoms with E-state index in [1.165, 1.54) is 28.4 Å². The summed E-state index contributed by atoms with van der Waals surface area (Å²) < 4.78 is 18.9. The molecule has 0 atom stereocenters. The van der Waals surface area contributed by atoms with E-state index >= 15 is 0 Å². The van der Waals surface area contributed by atoms with Crippen LogP contribution in [0, 0.1) is 24.9 Å². The van der Waals surface area contributed by atoms with E-state index in [0.717, 1.165) is 50.0 Å². The van der Waals surface area contributed by atoms with Crippen LogP contribution >= 0.6 is 0 Å². The summed E-state index contributed by atoms with van der Waals surface area (Å²) >= 11 is 0. The van der Waals surface area contributed by atoms with Gasteiger partial charge in [-0.1, -0.05) is 97.3 Å². The molecule has 0 saturated heterocycles. The van der Waals surface area contributed by atoms with Crippen LogP contribution in [0.5, 0.6) is 0 Å². The summed E-state index contributed by atoms with van der Waals surface area (Å²) in [6, 6.07) is 39.3. The molecule has 3 heterocycles. The second kappa shape index (κ2) is 13.2. The number of hydrogen-bond acceptors (Lipinski definition) is 3. The summed E-state index contributed by atoms with van der Waals surface area (Å²) in [6.07, 6.45) is 3.87. The van der Waals surface area contributed by atoms with Crippen molar-refractivity contribution in [3.05, 3.63) is 139 Å². The number of rotatable bonds is 4. The Bertz CT molecular complexity index is 2020. The van der Waals surface area contributed by atoms with Crippen LogP contribution < -0.4 is 5.19 Å². The zero-order chi connectivity index (χ0) is 30.0.